The molecule has 0 unspecified atom stereocenters. The molecule has 1 N–H and O–H groups in total. The van der Waals surface area contributed by atoms with Crippen LogP contribution in [0.15, 0.2) is 48.5 Å². The maximum Gasteiger partial charge on any atom is 0.265 e. The van der Waals surface area contributed by atoms with E-state index < -0.39 is 6.10 Å². The Labute approximate surface area is 128 Å². The number of nitrogens with one attached hydrogen (secondary N) is 1. The van der Waals surface area contributed by atoms with Crippen molar-refractivity contribution in [1.29, 1.82) is 0 Å². The Hall–Kier alpha value is -2.20. The molecule has 0 heterocycles. The number of carbonyl (C=O) groups excluding carboxylic acids is 1. The molecule has 0 aromatic heterocycles. The summed E-state index contributed by atoms with van der Waals surface area (Å²) in [6.07, 6.45) is -0.659. The van der Waals surface area contributed by atoms with Crippen LogP contribution in [0.4, 0.5) is 5.69 Å². The fourth-order valence-electron chi connectivity index (χ4n) is 1.73. The van der Waals surface area contributed by atoms with Gasteiger partial charge in [0.15, 0.2) is 6.10 Å². The summed E-state index contributed by atoms with van der Waals surface area (Å²) in [5.74, 6) is 0.966. The van der Waals surface area contributed by atoms with E-state index >= 15 is 0 Å². The molecular weight excluding hydrogens is 290 g/mol. The average molecular weight is 306 g/mol. The quantitative estimate of drug-likeness (QED) is 0.915. The number of halogens is 1. The van der Waals surface area contributed by atoms with Crippen LogP contribution < -0.4 is 14.8 Å². The third-order valence-electron chi connectivity index (χ3n) is 2.86. The van der Waals surface area contributed by atoms with Crippen LogP contribution >= 0.6 is 11.6 Å². The number of ether oxygens (including phenoxy) is 2. The SMILES string of the molecule is COc1cccc(O[C@@H](C)C(=O)Nc2ccccc2Cl)c1. The Kier molecular flexibility index (Phi) is 5.06. The van der Waals surface area contributed by atoms with Gasteiger partial charge in [0.25, 0.3) is 5.91 Å². The van der Waals surface area contributed by atoms with Crippen LogP contribution in [0.1, 0.15) is 6.92 Å². The van der Waals surface area contributed by atoms with Crippen molar-refractivity contribution in [3.63, 3.8) is 0 Å². The summed E-state index contributed by atoms with van der Waals surface area (Å²) in [6.45, 7) is 1.67. The predicted octanol–water partition coefficient (Wildman–Crippen LogP) is 3.75. The Balaban J connectivity index is 2.01. The first-order chi connectivity index (χ1) is 10.1. The van der Waals surface area contributed by atoms with Crippen molar-refractivity contribution < 1.29 is 14.3 Å². The van der Waals surface area contributed by atoms with Crippen LogP contribution in [0, 0.1) is 0 Å². The van der Waals surface area contributed by atoms with Crippen molar-refractivity contribution in [2.75, 3.05) is 12.4 Å². The number of rotatable bonds is 5. The first kappa shape index (κ1) is 15.2. The summed E-state index contributed by atoms with van der Waals surface area (Å²) >= 11 is 6.00. The maximum atomic E-state index is 12.1. The molecule has 0 spiro atoms. The van der Waals surface area contributed by atoms with E-state index in [0.717, 1.165) is 0 Å². The van der Waals surface area contributed by atoms with Gasteiger partial charge in [-0.05, 0) is 31.2 Å². The molecule has 110 valence electrons. The molecule has 0 aliphatic heterocycles. The second-order valence-electron chi connectivity index (χ2n) is 4.41. The Bertz CT molecular complexity index is 630. The molecule has 0 aliphatic carbocycles. The van der Waals surface area contributed by atoms with Gasteiger partial charge in [-0.2, -0.15) is 0 Å². The Morgan fingerprint density at radius 1 is 1.14 bits per heavy atom. The lowest BCUT2D eigenvalue weighted by Gasteiger charge is -2.15. The van der Waals surface area contributed by atoms with Crippen molar-refractivity contribution in [2.24, 2.45) is 0 Å². The number of hydrogen-bond acceptors (Lipinski definition) is 3. The number of carbonyl (C=O) groups is 1. The first-order valence-corrected chi connectivity index (χ1v) is 6.84. The summed E-state index contributed by atoms with van der Waals surface area (Å²) in [7, 11) is 1.58. The summed E-state index contributed by atoms with van der Waals surface area (Å²) in [5, 5.41) is 3.22. The molecule has 0 aliphatic rings. The number of amides is 1. The molecule has 1 amide bonds. The van der Waals surface area contributed by atoms with Gasteiger partial charge < -0.3 is 14.8 Å². The van der Waals surface area contributed by atoms with E-state index in [9.17, 15) is 4.79 Å². The average Bonchev–Trinajstić information content (AvgIpc) is 2.49. The van der Waals surface area contributed by atoms with E-state index in [1.54, 1.807) is 62.6 Å². The van der Waals surface area contributed by atoms with Crippen molar-refractivity contribution in [3.8, 4) is 11.5 Å². The van der Waals surface area contributed by atoms with Crippen molar-refractivity contribution in [2.45, 2.75) is 13.0 Å². The predicted molar refractivity (Wildman–Crippen MR) is 83.2 cm³/mol. The van der Waals surface area contributed by atoms with Crippen LogP contribution in [-0.4, -0.2) is 19.1 Å². The van der Waals surface area contributed by atoms with Gasteiger partial charge in [0, 0.05) is 6.07 Å². The molecule has 0 fully saturated rings. The number of hydrogen-bond donors (Lipinski definition) is 1. The fraction of sp³-hybridized carbons (Fsp3) is 0.188. The van der Waals surface area contributed by atoms with Gasteiger partial charge >= 0.3 is 0 Å². The topological polar surface area (TPSA) is 47.6 Å². The Morgan fingerprint density at radius 3 is 2.57 bits per heavy atom. The highest BCUT2D eigenvalue weighted by molar-refractivity contribution is 6.33. The highest BCUT2D eigenvalue weighted by Gasteiger charge is 2.16. The lowest BCUT2D eigenvalue weighted by Crippen LogP contribution is -2.30. The van der Waals surface area contributed by atoms with Crippen molar-refractivity contribution in [1.82, 2.24) is 0 Å². The molecule has 21 heavy (non-hydrogen) atoms. The van der Waals surface area contributed by atoms with Gasteiger partial charge in [-0.3, -0.25) is 4.79 Å². The summed E-state index contributed by atoms with van der Waals surface area (Å²) in [4.78, 5) is 12.1. The molecular formula is C16H16ClNO3. The second-order valence-corrected chi connectivity index (χ2v) is 4.82. The number of benzene rings is 2. The third kappa shape index (κ3) is 4.13. The highest BCUT2D eigenvalue weighted by Crippen LogP contribution is 2.22. The monoisotopic (exact) mass is 305 g/mol. The molecule has 0 bridgehead atoms. The fourth-order valence-corrected chi connectivity index (χ4v) is 1.91. The van der Waals surface area contributed by atoms with E-state index in [-0.39, 0.29) is 5.91 Å². The molecule has 5 heteroatoms. The number of para-hydroxylation sites is 1. The molecule has 0 saturated heterocycles. The van der Waals surface area contributed by atoms with Crippen LogP contribution in [-0.2, 0) is 4.79 Å². The third-order valence-corrected chi connectivity index (χ3v) is 3.18. The van der Waals surface area contributed by atoms with Gasteiger partial charge in [0.2, 0.25) is 0 Å². The lowest BCUT2D eigenvalue weighted by atomic mass is 10.3. The van der Waals surface area contributed by atoms with Crippen LogP contribution in [0.5, 0.6) is 11.5 Å². The van der Waals surface area contributed by atoms with Crippen molar-refractivity contribution in [3.05, 3.63) is 53.6 Å². The molecule has 2 aromatic carbocycles. The van der Waals surface area contributed by atoms with E-state index in [2.05, 4.69) is 5.32 Å². The lowest BCUT2D eigenvalue weighted by molar-refractivity contribution is -0.122. The van der Waals surface area contributed by atoms with E-state index in [4.69, 9.17) is 21.1 Å². The largest absolute Gasteiger partial charge is 0.497 e. The summed E-state index contributed by atoms with van der Waals surface area (Å²) in [5.41, 5.74) is 0.560. The molecule has 1 atom stereocenters. The minimum absolute atomic E-state index is 0.272. The van der Waals surface area contributed by atoms with Crippen LogP contribution in [0.2, 0.25) is 5.02 Å². The van der Waals surface area contributed by atoms with E-state index in [0.29, 0.717) is 22.2 Å². The highest BCUT2D eigenvalue weighted by atomic mass is 35.5. The van der Waals surface area contributed by atoms with E-state index in [1.807, 2.05) is 0 Å². The standard InChI is InChI=1S/C16H16ClNO3/c1-11(21-13-7-5-6-12(10-13)20-2)16(19)18-15-9-4-3-8-14(15)17/h3-11H,1-2H3,(H,18,19)/t11-/m0/s1. The van der Waals surface area contributed by atoms with Gasteiger partial charge in [0.05, 0.1) is 17.8 Å². The minimum Gasteiger partial charge on any atom is -0.497 e. The molecule has 0 saturated carbocycles. The van der Waals surface area contributed by atoms with Gasteiger partial charge in [0.1, 0.15) is 11.5 Å². The molecule has 0 radical (unpaired) electrons. The zero-order chi connectivity index (χ0) is 15.2. The summed E-state index contributed by atoms with van der Waals surface area (Å²) < 4.78 is 10.7. The molecule has 4 nitrogen and oxygen atoms in total. The normalized spacial score (nSPS) is 11.6. The number of methoxy groups -OCH3 is 1. The number of anilines is 1. The minimum atomic E-state index is -0.659. The van der Waals surface area contributed by atoms with Crippen LogP contribution in [0.3, 0.4) is 0 Å². The summed E-state index contributed by atoms with van der Waals surface area (Å²) in [6, 6.07) is 14.1. The molecule has 2 aromatic rings. The Morgan fingerprint density at radius 2 is 1.86 bits per heavy atom. The van der Waals surface area contributed by atoms with E-state index in [1.165, 1.54) is 0 Å². The smallest absolute Gasteiger partial charge is 0.265 e. The zero-order valence-electron chi connectivity index (χ0n) is 11.8. The van der Waals surface area contributed by atoms with Gasteiger partial charge in [-0.1, -0.05) is 29.8 Å². The maximum absolute atomic E-state index is 12.1. The van der Waals surface area contributed by atoms with Crippen molar-refractivity contribution >= 4 is 23.2 Å². The molecule has 2 rings (SSSR count). The first-order valence-electron chi connectivity index (χ1n) is 6.46. The van der Waals surface area contributed by atoms with Gasteiger partial charge in [-0.15, -0.1) is 0 Å². The van der Waals surface area contributed by atoms with Crippen LogP contribution in [0.25, 0.3) is 0 Å². The van der Waals surface area contributed by atoms with Gasteiger partial charge in [-0.25, -0.2) is 0 Å². The zero-order valence-corrected chi connectivity index (χ0v) is 12.6. The second kappa shape index (κ2) is 6.99.